The van der Waals surface area contributed by atoms with E-state index in [1.54, 1.807) is 0 Å². The molecule has 20 heavy (non-hydrogen) atoms. The third-order valence-corrected chi connectivity index (χ3v) is 4.56. The molecule has 1 unspecified atom stereocenters. The topological polar surface area (TPSA) is 20.2 Å². The number of hydrogen-bond donors (Lipinski definition) is 1. The highest BCUT2D eigenvalue weighted by Gasteiger charge is 2.17. The molecule has 0 aliphatic rings. The van der Waals surface area contributed by atoms with Gasteiger partial charge in [0, 0.05) is 0 Å². The van der Waals surface area contributed by atoms with E-state index in [4.69, 9.17) is 0 Å². The largest absolute Gasteiger partial charge is 0.388 e. The van der Waals surface area contributed by atoms with Gasteiger partial charge in [-0.05, 0) is 17.6 Å². The summed E-state index contributed by atoms with van der Waals surface area (Å²) >= 11 is 0. The fourth-order valence-electron chi connectivity index (χ4n) is 2.39. The lowest BCUT2D eigenvalue weighted by atomic mass is 9.98. The molecule has 2 heteroatoms. The lowest BCUT2D eigenvalue weighted by molar-refractivity contribution is 0.217. The lowest BCUT2D eigenvalue weighted by Gasteiger charge is -2.20. The van der Waals surface area contributed by atoms with Crippen molar-refractivity contribution in [2.45, 2.75) is 64.8 Å². The summed E-state index contributed by atoms with van der Waals surface area (Å²) in [5.74, 6) is 0. The average molecular weight is 291 g/mol. The first kappa shape index (κ1) is 17.2. The highest BCUT2D eigenvalue weighted by molar-refractivity contribution is 6.81. The number of benzene rings is 1. The molecule has 0 aromatic heterocycles. The fraction of sp³-hybridized carbons (Fsp3) is 0.556. The first-order valence-electron chi connectivity index (χ1n) is 7.90. The van der Waals surface area contributed by atoms with Crippen LogP contribution in [0, 0.1) is 0 Å². The van der Waals surface area contributed by atoms with Crippen LogP contribution in [0.1, 0.15) is 44.6 Å². The average Bonchev–Trinajstić information content (AvgIpc) is 2.41. The van der Waals surface area contributed by atoms with Gasteiger partial charge >= 0.3 is 0 Å². The maximum absolute atomic E-state index is 10.6. The molecule has 0 aliphatic carbocycles. The molecular weight excluding hydrogens is 260 g/mol. The lowest BCUT2D eigenvalue weighted by Crippen LogP contribution is -2.20. The molecule has 0 saturated heterocycles. The molecule has 0 heterocycles. The van der Waals surface area contributed by atoms with Gasteiger partial charge in [0.1, 0.15) is 0 Å². The minimum Gasteiger partial charge on any atom is -0.388 e. The molecule has 0 spiro atoms. The van der Waals surface area contributed by atoms with Crippen LogP contribution >= 0.6 is 0 Å². The van der Waals surface area contributed by atoms with Gasteiger partial charge < -0.3 is 5.11 Å². The van der Waals surface area contributed by atoms with Gasteiger partial charge in [-0.2, -0.15) is 0 Å². The molecule has 112 valence electrons. The van der Waals surface area contributed by atoms with Crippen molar-refractivity contribution in [2.75, 3.05) is 0 Å². The van der Waals surface area contributed by atoms with Crippen LogP contribution in [0.2, 0.25) is 19.6 Å². The molecule has 1 N–H and O–H groups in total. The smallest absolute Gasteiger partial charge is 0.0789 e. The molecule has 1 rings (SSSR count). The van der Waals surface area contributed by atoms with Crippen LogP contribution in [0.3, 0.4) is 0 Å². The van der Waals surface area contributed by atoms with Gasteiger partial charge in [0.05, 0.1) is 14.2 Å². The van der Waals surface area contributed by atoms with Gasteiger partial charge in [0.15, 0.2) is 0 Å². The number of aliphatic hydroxyl groups excluding tert-OH is 1. The molecule has 0 amide bonds. The molecule has 1 nitrogen and oxygen atoms in total. The standard InChI is InChI=1S/C18H30OSi/c1-5-6-7-11-14-18(19)17(15-20(2,3)4)16-12-9-8-10-13-16/h8-10,12-13,15,18-19H,5-7,11,14H2,1-4H3/b17-15+. The van der Waals surface area contributed by atoms with E-state index >= 15 is 0 Å². The van der Waals surface area contributed by atoms with Crippen molar-refractivity contribution in [3.8, 4) is 0 Å². The van der Waals surface area contributed by atoms with E-state index in [0.717, 1.165) is 18.4 Å². The molecule has 1 aromatic rings. The van der Waals surface area contributed by atoms with Gasteiger partial charge in [-0.15, -0.1) is 0 Å². The van der Waals surface area contributed by atoms with Gasteiger partial charge in [0.25, 0.3) is 0 Å². The SMILES string of the molecule is CCCCCCC(O)/C(=C/[Si](C)(C)C)c1ccccc1. The quantitative estimate of drug-likeness (QED) is 0.510. The molecule has 0 fully saturated rings. The fourth-order valence-corrected chi connectivity index (χ4v) is 3.68. The van der Waals surface area contributed by atoms with Crippen LogP contribution < -0.4 is 0 Å². The maximum Gasteiger partial charge on any atom is 0.0789 e. The Bertz CT molecular complexity index is 403. The monoisotopic (exact) mass is 290 g/mol. The Morgan fingerprint density at radius 1 is 1.10 bits per heavy atom. The highest BCUT2D eigenvalue weighted by atomic mass is 28.3. The van der Waals surface area contributed by atoms with Crippen molar-refractivity contribution in [3.05, 3.63) is 41.6 Å². The van der Waals surface area contributed by atoms with E-state index in [1.807, 2.05) is 6.07 Å². The van der Waals surface area contributed by atoms with Crippen molar-refractivity contribution in [3.63, 3.8) is 0 Å². The second kappa shape index (κ2) is 8.43. The number of hydrogen-bond acceptors (Lipinski definition) is 1. The Kier molecular flexibility index (Phi) is 7.24. The summed E-state index contributed by atoms with van der Waals surface area (Å²) in [6, 6.07) is 10.4. The highest BCUT2D eigenvalue weighted by Crippen LogP contribution is 2.25. The van der Waals surface area contributed by atoms with Crippen LogP contribution in [-0.4, -0.2) is 19.3 Å². The number of aliphatic hydroxyl groups is 1. The Hall–Kier alpha value is -0.863. The van der Waals surface area contributed by atoms with E-state index < -0.39 is 8.07 Å². The van der Waals surface area contributed by atoms with Crippen molar-refractivity contribution in [2.24, 2.45) is 0 Å². The van der Waals surface area contributed by atoms with Crippen LogP contribution in [-0.2, 0) is 0 Å². The summed E-state index contributed by atoms with van der Waals surface area (Å²) in [5.41, 5.74) is 4.67. The first-order chi connectivity index (χ1) is 9.44. The summed E-state index contributed by atoms with van der Waals surface area (Å²) in [4.78, 5) is 0. The summed E-state index contributed by atoms with van der Waals surface area (Å²) < 4.78 is 0. The summed E-state index contributed by atoms with van der Waals surface area (Å²) in [6.45, 7) is 9.18. The van der Waals surface area contributed by atoms with E-state index in [1.165, 1.54) is 24.8 Å². The van der Waals surface area contributed by atoms with Gasteiger partial charge in [-0.25, -0.2) is 0 Å². The predicted octanol–water partition coefficient (Wildman–Crippen LogP) is 5.28. The van der Waals surface area contributed by atoms with Crippen LogP contribution in [0.25, 0.3) is 5.57 Å². The minimum absolute atomic E-state index is 0.319. The van der Waals surface area contributed by atoms with Crippen molar-refractivity contribution >= 4 is 13.6 Å². The normalized spacial score (nSPS) is 14.3. The number of unbranched alkanes of at least 4 members (excludes halogenated alkanes) is 3. The molecule has 0 radical (unpaired) electrons. The summed E-state index contributed by atoms with van der Waals surface area (Å²) in [7, 11) is -1.34. The molecule has 1 aromatic carbocycles. The third-order valence-electron chi connectivity index (χ3n) is 3.39. The van der Waals surface area contributed by atoms with Crippen molar-refractivity contribution in [1.29, 1.82) is 0 Å². The maximum atomic E-state index is 10.6. The Labute approximate surface area is 125 Å². The summed E-state index contributed by atoms with van der Waals surface area (Å²) in [5, 5.41) is 10.6. The Balaban J connectivity index is 2.81. The van der Waals surface area contributed by atoms with Gasteiger partial charge in [0.2, 0.25) is 0 Å². The van der Waals surface area contributed by atoms with Crippen molar-refractivity contribution in [1.82, 2.24) is 0 Å². The van der Waals surface area contributed by atoms with Gasteiger partial charge in [-0.3, -0.25) is 0 Å². The zero-order valence-electron chi connectivity index (χ0n) is 13.5. The molecule has 0 aliphatic heterocycles. The zero-order chi connectivity index (χ0) is 15.0. The van der Waals surface area contributed by atoms with Crippen LogP contribution in [0.15, 0.2) is 36.0 Å². The van der Waals surface area contributed by atoms with Crippen molar-refractivity contribution < 1.29 is 5.11 Å². The third kappa shape index (κ3) is 6.53. The Morgan fingerprint density at radius 2 is 1.75 bits per heavy atom. The van der Waals surface area contributed by atoms with Crippen LogP contribution in [0.5, 0.6) is 0 Å². The molecular formula is C18H30OSi. The first-order valence-corrected chi connectivity index (χ1v) is 11.5. The van der Waals surface area contributed by atoms with E-state index in [-0.39, 0.29) is 6.10 Å². The molecule has 1 atom stereocenters. The predicted molar refractivity (Wildman–Crippen MR) is 92.5 cm³/mol. The molecule has 0 saturated carbocycles. The van der Waals surface area contributed by atoms with E-state index in [0.29, 0.717) is 0 Å². The zero-order valence-corrected chi connectivity index (χ0v) is 14.5. The van der Waals surface area contributed by atoms with Gasteiger partial charge in [-0.1, -0.05) is 88.3 Å². The second-order valence-electron chi connectivity index (χ2n) is 6.70. The van der Waals surface area contributed by atoms with E-state index in [9.17, 15) is 5.11 Å². The molecule has 0 bridgehead atoms. The Morgan fingerprint density at radius 3 is 2.30 bits per heavy atom. The van der Waals surface area contributed by atoms with Crippen LogP contribution in [0.4, 0.5) is 0 Å². The second-order valence-corrected chi connectivity index (χ2v) is 11.7. The van der Waals surface area contributed by atoms with E-state index in [2.05, 4.69) is 56.5 Å². The number of rotatable bonds is 8. The minimum atomic E-state index is -1.34. The summed E-state index contributed by atoms with van der Waals surface area (Å²) in [6.07, 6.45) is 5.41.